The number of carbonyl (C=O) groups is 2. The van der Waals surface area contributed by atoms with Gasteiger partial charge in [-0.15, -0.1) is 0 Å². The number of nitrogens with one attached hydrogen (secondary N) is 2. The molecule has 0 aromatic heterocycles. The maximum atomic E-state index is 12.7. The Morgan fingerprint density at radius 2 is 1.71 bits per heavy atom. The van der Waals surface area contributed by atoms with Crippen molar-refractivity contribution in [3.63, 3.8) is 0 Å². The van der Waals surface area contributed by atoms with Crippen LogP contribution in [0.15, 0.2) is 24.3 Å². The van der Waals surface area contributed by atoms with E-state index in [0.717, 1.165) is 57.2 Å². The molecule has 1 aromatic carbocycles. The second-order valence-corrected chi connectivity index (χ2v) is 9.32. The summed E-state index contributed by atoms with van der Waals surface area (Å²) in [6.45, 7) is 6.02. The number of urea groups is 1. The lowest BCUT2D eigenvalue weighted by atomic mass is 9.86. The molecule has 2 amide bonds. The number of amides is 2. The molecule has 0 unspecified atom stereocenters. The van der Waals surface area contributed by atoms with Gasteiger partial charge in [0.15, 0.2) is 0 Å². The van der Waals surface area contributed by atoms with Gasteiger partial charge in [0.05, 0.1) is 12.5 Å². The van der Waals surface area contributed by atoms with E-state index in [-0.39, 0.29) is 29.8 Å². The highest BCUT2D eigenvalue weighted by atomic mass is 16.5. The molecule has 0 atom stereocenters. The van der Waals surface area contributed by atoms with Gasteiger partial charge in [0, 0.05) is 24.7 Å². The Labute approximate surface area is 185 Å². The third-order valence-electron chi connectivity index (χ3n) is 6.42. The summed E-state index contributed by atoms with van der Waals surface area (Å²) in [5, 5.41) is 10.7. The molecule has 3 rings (SSSR count). The molecule has 2 aliphatic rings. The molecule has 7 nitrogen and oxygen atoms in total. The number of nitrogen functional groups attached to an aromatic ring is 1. The van der Waals surface area contributed by atoms with Crippen LogP contribution in [0.2, 0.25) is 0 Å². The fourth-order valence-electron chi connectivity index (χ4n) is 4.46. The normalized spacial score (nSPS) is 22.2. The highest BCUT2D eigenvalue weighted by molar-refractivity contribution is 5.94. The number of hydrogen-bond donors (Lipinski definition) is 3. The van der Waals surface area contributed by atoms with E-state index in [1.807, 2.05) is 43.0 Å². The van der Waals surface area contributed by atoms with E-state index in [1.165, 1.54) is 5.56 Å². The molecule has 7 heteroatoms. The van der Waals surface area contributed by atoms with Gasteiger partial charge >= 0.3 is 12.0 Å². The average molecular weight is 429 g/mol. The molecule has 2 fully saturated rings. The Balaban J connectivity index is 1.39. The van der Waals surface area contributed by atoms with Gasteiger partial charge in [0.2, 0.25) is 0 Å². The van der Waals surface area contributed by atoms with Crippen molar-refractivity contribution in [3.05, 3.63) is 35.4 Å². The number of piperidine rings is 1. The molecule has 31 heavy (non-hydrogen) atoms. The van der Waals surface area contributed by atoms with Gasteiger partial charge in [0.25, 0.3) is 0 Å². The van der Waals surface area contributed by atoms with E-state index >= 15 is 0 Å². The molecule has 1 heterocycles. The molecule has 4 N–H and O–H groups in total. The zero-order valence-corrected chi connectivity index (χ0v) is 18.7. The van der Waals surface area contributed by atoms with Crippen molar-refractivity contribution in [1.82, 2.24) is 10.2 Å². The van der Waals surface area contributed by atoms with Crippen molar-refractivity contribution in [2.75, 3.05) is 19.7 Å². The van der Waals surface area contributed by atoms with E-state index in [2.05, 4.69) is 5.32 Å². The Bertz CT molecular complexity index is 762. The molecule has 1 aliphatic heterocycles. The number of nitrogens with two attached hydrogens (primary N) is 1. The summed E-state index contributed by atoms with van der Waals surface area (Å²) in [5.41, 5.74) is 7.51. The van der Waals surface area contributed by atoms with Crippen LogP contribution in [-0.2, 0) is 9.53 Å². The average Bonchev–Trinajstić information content (AvgIpc) is 2.78. The SMILES string of the molecule is CC(C)COC(=O)C1CCC(NC(=O)N2CCC(c3ccc(C(=N)N)cc3)CC2)CC1. The van der Waals surface area contributed by atoms with Crippen molar-refractivity contribution in [3.8, 4) is 0 Å². The van der Waals surface area contributed by atoms with E-state index in [4.69, 9.17) is 15.9 Å². The van der Waals surface area contributed by atoms with Crippen LogP contribution in [0.3, 0.4) is 0 Å². The number of hydrogen-bond acceptors (Lipinski definition) is 4. The summed E-state index contributed by atoms with van der Waals surface area (Å²) >= 11 is 0. The second kappa shape index (κ2) is 10.6. The first-order chi connectivity index (χ1) is 14.8. The van der Waals surface area contributed by atoms with Gasteiger partial charge in [-0.25, -0.2) is 4.79 Å². The lowest BCUT2D eigenvalue weighted by molar-refractivity contribution is -0.150. The van der Waals surface area contributed by atoms with Crippen molar-refractivity contribution in [2.45, 2.75) is 64.3 Å². The van der Waals surface area contributed by atoms with Gasteiger partial charge in [-0.1, -0.05) is 38.1 Å². The number of benzene rings is 1. The van der Waals surface area contributed by atoms with Crippen LogP contribution in [0.1, 0.15) is 69.4 Å². The van der Waals surface area contributed by atoms with E-state index in [0.29, 0.717) is 18.4 Å². The van der Waals surface area contributed by atoms with Crippen LogP contribution in [0.25, 0.3) is 0 Å². The molecule has 1 saturated carbocycles. The Morgan fingerprint density at radius 3 is 2.26 bits per heavy atom. The first-order valence-corrected chi connectivity index (χ1v) is 11.5. The number of likely N-dealkylation sites (tertiary alicyclic amines) is 1. The Kier molecular flexibility index (Phi) is 7.93. The summed E-state index contributed by atoms with van der Waals surface area (Å²) in [7, 11) is 0. The van der Waals surface area contributed by atoms with Gasteiger partial charge in [-0.3, -0.25) is 10.2 Å². The van der Waals surface area contributed by atoms with Crippen molar-refractivity contribution in [2.24, 2.45) is 17.6 Å². The minimum Gasteiger partial charge on any atom is -0.465 e. The summed E-state index contributed by atoms with van der Waals surface area (Å²) in [6, 6.07) is 8.02. The lowest BCUT2D eigenvalue weighted by Crippen LogP contribution is -2.48. The number of esters is 1. The van der Waals surface area contributed by atoms with Crippen molar-refractivity contribution < 1.29 is 14.3 Å². The molecule has 1 aromatic rings. The molecule has 0 bridgehead atoms. The van der Waals surface area contributed by atoms with Crippen LogP contribution in [-0.4, -0.2) is 48.5 Å². The summed E-state index contributed by atoms with van der Waals surface area (Å²) in [5.74, 6) is 0.745. The molecule has 1 saturated heterocycles. The van der Waals surface area contributed by atoms with Crippen LogP contribution >= 0.6 is 0 Å². The maximum Gasteiger partial charge on any atom is 0.317 e. The zero-order chi connectivity index (χ0) is 22.4. The second-order valence-electron chi connectivity index (χ2n) is 9.32. The van der Waals surface area contributed by atoms with Crippen molar-refractivity contribution in [1.29, 1.82) is 5.41 Å². The lowest BCUT2D eigenvalue weighted by Gasteiger charge is -2.35. The van der Waals surface area contributed by atoms with Crippen LogP contribution in [0.4, 0.5) is 4.79 Å². The molecular weight excluding hydrogens is 392 g/mol. The number of ether oxygens (including phenoxy) is 1. The Morgan fingerprint density at radius 1 is 1.10 bits per heavy atom. The number of nitrogens with zero attached hydrogens (tertiary/aromatic N) is 1. The summed E-state index contributed by atoms with van der Waals surface area (Å²) < 4.78 is 5.37. The van der Waals surface area contributed by atoms with Crippen LogP contribution in [0.5, 0.6) is 0 Å². The predicted octanol–water partition coefficient (Wildman–Crippen LogP) is 3.62. The first-order valence-electron chi connectivity index (χ1n) is 11.5. The predicted molar refractivity (Wildman–Crippen MR) is 121 cm³/mol. The smallest absolute Gasteiger partial charge is 0.317 e. The standard InChI is InChI=1S/C24H36N4O3/c1-16(2)15-31-23(29)20-7-9-21(10-8-20)27-24(30)28-13-11-18(12-14-28)17-3-5-19(6-4-17)22(25)26/h3-6,16,18,20-21H,7-15H2,1-2H3,(H3,25,26)(H,27,30). The highest BCUT2D eigenvalue weighted by Crippen LogP contribution is 2.29. The fourth-order valence-corrected chi connectivity index (χ4v) is 4.46. The molecular formula is C24H36N4O3. The summed E-state index contributed by atoms with van der Waals surface area (Å²) in [6.07, 6.45) is 5.07. The first kappa shape index (κ1) is 23.1. The monoisotopic (exact) mass is 428 g/mol. The number of amidine groups is 1. The largest absolute Gasteiger partial charge is 0.465 e. The maximum absolute atomic E-state index is 12.7. The number of carbonyl (C=O) groups excluding carboxylic acids is 2. The molecule has 0 radical (unpaired) electrons. The topological polar surface area (TPSA) is 109 Å². The van der Waals surface area contributed by atoms with E-state index in [1.54, 1.807) is 0 Å². The van der Waals surface area contributed by atoms with Gasteiger partial charge < -0.3 is 20.7 Å². The fraction of sp³-hybridized carbons (Fsp3) is 0.625. The Hall–Kier alpha value is -2.57. The molecule has 170 valence electrons. The molecule has 0 spiro atoms. The third-order valence-corrected chi connectivity index (χ3v) is 6.42. The highest BCUT2D eigenvalue weighted by Gasteiger charge is 2.30. The van der Waals surface area contributed by atoms with E-state index < -0.39 is 0 Å². The van der Waals surface area contributed by atoms with Crippen LogP contribution < -0.4 is 11.1 Å². The van der Waals surface area contributed by atoms with Crippen LogP contribution in [0, 0.1) is 17.2 Å². The summed E-state index contributed by atoms with van der Waals surface area (Å²) in [4.78, 5) is 26.8. The number of rotatable bonds is 6. The van der Waals surface area contributed by atoms with Gasteiger partial charge in [0.1, 0.15) is 5.84 Å². The molecule has 1 aliphatic carbocycles. The van der Waals surface area contributed by atoms with E-state index in [9.17, 15) is 9.59 Å². The van der Waals surface area contributed by atoms with Crippen molar-refractivity contribution >= 4 is 17.8 Å². The quantitative estimate of drug-likeness (QED) is 0.365. The minimum atomic E-state index is -0.0862. The zero-order valence-electron chi connectivity index (χ0n) is 18.7. The van der Waals surface area contributed by atoms with Gasteiger partial charge in [-0.05, 0) is 55.9 Å². The third kappa shape index (κ3) is 6.45. The van der Waals surface area contributed by atoms with Gasteiger partial charge in [-0.2, -0.15) is 0 Å². The minimum absolute atomic E-state index is 0.0104.